The lowest BCUT2D eigenvalue weighted by Gasteiger charge is -2.07. The van der Waals surface area contributed by atoms with Crippen LogP contribution in [0.5, 0.6) is 0 Å². The van der Waals surface area contributed by atoms with E-state index in [1.54, 1.807) is 10.9 Å². The molecule has 2 nitrogen and oxygen atoms in total. The van der Waals surface area contributed by atoms with Gasteiger partial charge in [0.15, 0.2) is 0 Å². The number of rotatable bonds is 2. The van der Waals surface area contributed by atoms with Crippen molar-refractivity contribution >= 4 is 0 Å². The summed E-state index contributed by atoms with van der Waals surface area (Å²) >= 11 is 0. The van der Waals surface area contributed by atoms with Gasteiger partial charge in [-0.1, -0.05) is 6.92 Å². The Balaban J connectivity index is 2.29. The van der Waals surface area contributed by atoms with Gasteiger partial charge in [-0.05, 0) is 36.8 Å². The number of nitrogens with zero attached hydrogens (tertiary/aromatic N) is 2. The van der Waals surface area contributed by atoms with Crippen LogP contribution in [0, 0.1) is 0 Å². The van der Waals surface area contributed by atoms with E-state index in [1.165, 1.54) is 12.1 Å². The molecule has 17 heavy (non-hydrogen) atoms. The van der Waals surface area contributed by atoms with E-state index in [-0.39, 0.29) is 0 Å². The van der Waals surface area contributed by atoms with Crippen LogP contribution >= 0.6 is 0 Å². The van der Waals surface area contributed by atoms with Gasteiger partial charge in [0.05, 0.1) is 16.9 Å². The number of aromatic nitrogens is 2. The molecule has 0 fully saturated rings. The standard InChI is InChI=1S/C12H11F3N2/c1-2-10-7-8-17(16-10)11-5-3-9(4-6-11)12(13,14)15/h3-8H,2H2,1H3. The Kier molecular flexibility index (Phi) is 2.92. The van der Waals surface area contributed by atoms with Crippen molar-refractivity contribution in [3.05, 3.63) is 47.8 Å². The van der Waals surface area contributed by atoms with Crippen LogP contribution in [-0.2, 0) is 12.6 Å². The summed E-state index contributed by atoms with van der Waals surface area (Å²) in [7, 11) is 0. The first-order valence-corrected chi connectivity index (χ1v) is 5.23. The van der Waals surface area contributed by atoms with E-state index in [1.807, 2.05) is 13.0 Å². The van der Waals surface area contributed by atoms with Crippen molar-refractivity contribution in [2.45, 2.75) is 19.5 Å². The summed E-state index contributed by atoms with van der Waals surface area (Å²) in [5, 5.41) is 4.23. The fourth-order valence-corrected chi connectivity index (χ4v) is 1.50. The van der Waals surface area contributed by atoms with E-state index in [2.05, 4.69) is 5.10 Å². The van der Waals surface area contributed by atoms with Crippen molar-refractivity contribution in [3.8, 4) is 5.69 Å². The monoisotopic (exact) mass is 240 g/mol. The van der Waals surface area contributed by atoms with Gasteiger partial charge in [-0.15, -0.1) is 0 Å². The van der Waals surface area contributed by atoms with E-state index < -0.39 is 11.7 Å². The predicted octanol–water partition coefficient (Wildman–Crippen LogP) is 3.45. The summed E-state index contributed by atoms with van der Waals surface area (Å²) in [5.74, 6) is 0. The average molecular weight is 240 g/mol. The summed E-state index contributed by atoms with van der Waals surface area (Å²) in [6.45, 7) is 1.97. The van der Waals surface area contributed by atoms with Crippen LogP contribution in [0.3, 0.4) is 0 Å². The second-order valence-electron chi connectivity index (χ2n) is 3.65. The molecule has 0 unspecified atom stereocenters. The maximum atomic E-state index is 12.4. The molecule has 0 atom stereocenters. The lowest BCUT2D eigenvalue weighted by molar-refractivity contribution is -0.137. The summed E-state index contributed by atoms with van der Waals surface area (Å²) in [4.78, 5) is 0. The van der Waals surface area contributed by atoms with Crippen molar-refractivity contribution in [2.24, 2.45) is 0 Å². The summed E-state index contributed by atoms with van der Waals surface area (Å²) < 4.78 is 38.6. The third-order valence-corrected chi connectivity index (χ3v) is 2.47. The normalized spacial score (nSPS) is 11.8. The van der Waals surface area contributed by atoms with Crippen molar-refractivity contribution in [1.29, 1.82) is 0 Å². The molecule has 2 rings (SSSR count). The van der Waals surface area contributed by atoms with Crippen LogP contribution < -0.4 is 0 Å². The molecule has 0 amide bonds. The van der Waals surface area contributed by atoms with Crippen molar-refractivity contribution in [2.75, 3.05) is 0 Å². The maximum absolute atomic E-state index is 12.4. The Hall–Kier alpha value is -1.78. The van der Waals surface area contributed by atoms with Crippen LogP contribution in [0.2, 0.25) is 0 Å². The topological polar surface area (TPSA) is 17.8 Å². The van der Waals surface area contributed by atoms with Gasteiger partial charge in [0.1, 0.15) is 0 Å². The predicted molar refractivity (Wildman–Crippen MR) is 57.9 cm³/mol. The summed E-state index contributed by atoms with van der Waals surface area (Å²) in [6.07, 6.45) is -1.76. The number of hydrogen-bond acceptors (Lipinski definition) is 1. The molecule has 0 N–H and O–H groups in total. The van der Waals surface area contributed by atoms with E-state index in [9.17, 15) is 13.2 Å². The zero-order valence-electron chi connectivity index (χ0n) is 9.20. The van der Waals surface area contributed by atoms with Gasteiger partial charge in [0, 0.05) is 6.20 Å². The molecular weight excluding hydrogens is 229 g/mol. The highest BCUT2D eigenvalue weighted by Crippen LogP contribution is 2.29. The molecule has 1 aromatic heterocycles. The van der Waals surface area contributed by atoms with Crippen LogP contribution in [0.25, 0.3) is 5.69 Å². The van der Waals surface area contributed by atoms with E-state index >= 15 is 0 Å². The molecule has 0 saturated heterocycles. The van der Waals surface area contributed by atoms with E-state index in [0.29, 0.717) is 5.69 Å². The van der Waals surface area contributed by atoms with Gasteiger partial charge in [0.2, 0.25) is 0 Å². The number of hydrogen-bond donors (Lipinski definition) is 0. The van der Waals surface area contributed by atoms with E-state index in [4.69, 9.17) is 0 Å². The fourth-order valence-electron chi connectivity index (χ4n) is 1.50. The molecule has 90 valence electrons. The summed E-state index contributed by atoms with van der Waals surface area (Å²) in [5.41, 5.74) is 0.881. The van der Waals surface area contributed by atoms with Crippen molar-refractivity contribution < 1.29 is 13.2 Å². The highest BCUT2D eigenvalue weighted by molar-refractivity contribution is 5.35. The third kappa shape index (κ3) is 2.49. The third-order valence-electron chi connectivity index (χ3n) is 2.47. The molecule has 1 aromatic carbocycles. The lowest BCUT2D eigenvalue weighted by atomic mass is 10.2. The van der Waals surface area contributed by atoms with Crippen molar-refractivity contribution in [3.63, 3.8) is 0 Å². The molecule has 0 bridgehead atoms. The first-order valence-electron chi connectivity index (χ1n) is 5.23. The van der Waals surface area contributed by atoms with Gasteiger partial charge >= 0.3 is 6.18 Å². The molecular formula is C12H11F3N2. The average Bonchev–Trinajstić information content (AvgIpc) is 2.76. The van der Waals surface area contributed by atoms with Gasteiger partial charge in [-0.2, -0.15) is 18.3 Å². The molecule has 0 aliphatic rings. The molecule has 1 heterocycles. The Morgan fingerprint density at radius 3 is 2.24 bits per heavy atom. The SMILES string of the molecule is CCc1ccn(-c2ccc(C(F)(F)F)cc2)n1. The lowest BCUT2D eigenvalue weighted by Crippen LogP contribution is -2.05. The Morgan fingerprint density at radius 1 is 1.12 bits per heavy atom. The molecule has 0 aliphatic heterocycles. The van der Waals surface area contributed by atoms with Crippen LogP contribution in [-0.4, -0.2) is 9.78 Å². The molecule has 2 aromatic rings. The first-order chi connectivity index (χ1) is 8.00. The molecule has 0 spiro atoms. The Morgan fingerprint density at radius 2 is 1.76 bits per heavy atom. The van der Waals surface area contributed by atoms with Crippen LogP contribution in [0.1, 0.15) is 18.2 Å². The smallest absolute Gasteiger partial charge is 0.241 e. The highest BCUT2D eigenvalue weighted by atomic mass is 19.4. The minimum Gasteiger partial charge on any atom is -0.241 e. The Bertz CT molecular complexity index is 497. The highest BCUT2D eigenvalue weighted by Gasteiger charge is 2.29. The summed E-state index contributed by atoms with van der Waals surface area (Å²) in [6, 6.07) is 6.79. The van der Waals surface area contributed by atoms with E-state index in [0.717, 1.165) is 24.2 Å². The fraction of sp³-hybridized carbons (Fsp3) is 0.250. The first kappa shape index (κ1) is 11.7. The number of aryl methyl sites for hydroxylation is 1. The number of halogens is 3. The molecule has 0 aliphatic carbocycles. The second kappa shape index (κ2) is 4.24. The minimum absolute atomic E-state index is 0.623. The molecule has 0 saturated carbocycles. The zero-order chi connectivity index (χ0) is 12.5. The van der Waals surface area contributed by atoms with Gasteiger partial charge in [-0.25, -0.2) is 4.68 Å². The van der Waals surface area contributed by atoms with Gasteiger partial charge in [-0.3, -0.25) is 0 Å². The van der Waals surface area contributed by atoms with Gasteiger partial charge in [0.25, 0.3) is 0 Å². The maximum Gasteiger partial charge on any atom is 0.416 e. The Labute approximate surface area is 96.7 Å². The zero-order valence-corrected chi connectivity index (χ0v) is 9.20. The van der Waals surface area contributed by atoms with Crippen LogP contribution in [0.4, 0.5) is 13.2 Å². The van der Waals surface area contributed by atoms with Gasteiger partial charge < -0.3 is 0 Å². The molecule has 0 radical (unpaired) electrons. The quantitative estimate of drug-likeness (QED) is 0.786. The minimum atomic E-state index is -4.29. The largest absolute Gasteiger partial charge is 0.416 e. The number of benzene rings is 1. The molecule has 5 heteroatoms. The van der Waals surface area contributed by atoms with Crippen LogP contribution in [0.15, 0.2) is 36.5 Å². The second-order valence-corrected chi connectivity index (χ2v) is 3.65. The number of alkyl halides is 3. The van der Waals surface area contributed by atoms with Crippen molar-refractivity contribution in [1.82, 2.24) is 9.78 Å².